The summed E-state index contributed by atoms with van der Waals surface area (Å²) >= 11 is 0. The maximum Gasteiger partial charge on any atom is 0.0396 e. The van der Waals surface area contributed by atoms with Crippen LogP contribution in [0.3, 0.4) is 0 Å². The SMILES string of the molecule is CNCCc1ccc(C)cc1N(C)C. The molecule has 1 aromatic rings. The van der Waals surface area contributed by atoms with Gasteiger partial charge in [0.25, 0.3) is 0 Å². The summed E-state index contributed by atoms with van der Waals surface area (Å²) in [5, 5.41) is 3.18. The first-order chi connectivity index (χ1) is 6.65. The molecule has 0 amide bonds. The number of rotatable bonds is 4. The van der Waals surface area contributed by atoms with E-state index in [1.165, 1.54) is 16.8 Å². The molecule has 0 saturated carbocycles. The Morgan fingerprint density at radius 2 is 2.00 bits per heavy atom. The number of hydrogen-bond donors (Lipinski definition) is 1. The lowest BCUT2D eigenvalue weighted by Gasteiger charge is -2.18. The fraction of sp³-hybridized carbons (Fsp3) is 0.500. The number of anilines is 1. The van der Waals surface area contributed by atoms with E-state index in [0.29, 0.717) is 0 Å². The van der Waals surface area contributed by atoms with Crippen LogP contribution in [-0.4, -0.2) is 27.7 Å². The van der Waals surface area contributed by atoms with Gasteiger partial charge in [0.15, 0.2) is 0 Å². The van der Waals surface area contributed by atoms with Gasteiger partial charge in [0.2, 0.25) is 0 Å². The van der Waals surface area contributed by atoms with Crippen molar-refractivity contribution in [2.75, 3.05) is 32.6 Å². The van der Waals surface area contributed by atoms with E-state index in [9.17, 15) is 0 Å². The van der Waals surface area contributed by atoms with Crippen LogP contribution in [0, 0.1) is 6.92 Å². The molecular weight excluding hydrogens is 172 g/mol. The maximum absolute atomic E-state index is 3.18. The van der Waals surface area contributed by atoms with Crippen LogP contribution in [0.5, 0.6) is 0 Å². The molecule has 0 aliphatic heterocycles. The third kappa shape index (κ3) is 2.74. The van der Waals surface area contributed by atoms with E-state index in [1.54, 1.807) is 0 Å². The molecule has 0 atom stereocenters. The average Bonchev–Trinajstić information content (AvgIpc) is 2.15. The third-order valence-corrected chi connectivity index (χ3v) is 2.37. The zero-order chi connectivity index (χ0) is 10.6. The van der Waals surface area contributed by atoms with Crippen molar-refractivity contribution in [1.29, 1.82) is 0 Å². The Kier molecular flexibility index (Phi) is 3.96. The van der Waals surface area contributed by atoms with Gasteiger partial charge in [-0.25, -0.2) is 0 Å². The van der Waals surface area contributed by atoms with Crippen molar-refractivity contribution >= 4 is 5.69 Å². The molecule has 0 aliphatic rings. The van der Waals surface area contributed by atoms with Gasteiger partial charge in [0.1, 0.15) is 0 Å². The predicted octanol–water partition coefficient (Wildman–Crippen LogP) is 1.82. The zero-order valence-corrected chi connectivity index (χ0v) is 9.59. The molecule has 1 rings (SSSR count). The normalized spacial score (nSPS) is 10.3. The van der Waals surface area contributed by atoms with Gasteiger partial charge in [0.05, 0.1) is 0 Å². The molecule has 2 nitrogen and oxygen atoms in total. The smallest absolute Gasteiger partial charge is 0.0396 e. The largest absolute Gasteiger partial charge is 0.377 e. The van der Waals surface area contributed by atoms with Gasteiger partial charge < -0.3 is 10.2 Å². The van der Waals surface area contributed by atoms with Crippen LogP contribution in [0.15, 0.2) is 18.2 Å². The summed E-state index contributed by atoms with van der Waals surface area (Å²) in [6.07, 6.45) is 1.09. The lowest BCUT2D eigenvalue weighted by molar-refractivity contribution is 0.790. The molecule has 1 N–H and O–H groups in total. The number of hydrogen-bond acceptors (Lipinski definition) is 2. The molecule has 0 spiro atoms. The van der Waals surface area contributed by atoms with Gasteiger partial charge in [-0.2, -0.15) is 0 Å². The van der Waals surface area contributed by atoms with Gasteiger partial charge in [0, 0.05) is 19.8 Å². The van der Waals surface area contributed by atoms with Crippen molar-refractivity contribution in [2.45, 2.75) is 13.3 Å². The van der Waals surface area contributed by atoms with Crippen LogP contribution in [0.2, 0.25) is 0 Å². The number of aryl methyl sites for hydroxylation is 1. The third-order valence-electron chi connectivity index (χ3n) is 2.37. The van der Waals surface area contributed by atoms with Gasteiger partial charge in [-0.3, -0.25) is 0 Å². The fourth-order valence-corrected chi connectivity index (χ4v) is 1.56. The number of nitrogens with zero attached hydrogens (tertiary/aromatic N) is 1. The molecule has 0 saturated heterocycles. The summed E-state index contributed by atoms with van der Waals surface area (Å²) in [7, 11) is 6.18. The molecule has 0 unspecified atom stereocenters. The van der Waals surface area contributed by atoms with Crippen molar-refractivity contribution in [3.63, 3.8) is 0 Å². The van der Waals surface area contributed by atoms with Crippen LogP contribution in [-0.2, 0) is 6.42 Å². The quantitative estimate of drug-likeness (QED) is 0.783. The minimum atomic E-state index is 1.03. The Morgan fingerprint density at radius 1 is 1.29 bits per heavy atom. The van der Waals surface area contributed by atoms with E-state index in [0.717, 1.165) is 13.0 Å². The number of nitrogens with one attached hydrogen (secondary N) is 1. The second kappa shape index (κ2) is 5.01. The Balaban J connectivity index is 2.90. The van der Waals surface area contributed by atoms with E-state index in [4.69, 9.17) is 0 Å². The van der Waals surface area contributed by atoms with Crippen LogP contribution >= 0.6 is 0 Å². The van der Waals surface area contributed by atoms with Gasteiger partial charge in [-0.15, -0.1) is 0 Å². The molecule has 2 heteroatoms. The topological polar surface area (TPSA) is 15.3 Å². The predicted molar refractivity (Wildman–Crippen MR) is 63.1 cm³/mol. The highest BCUT2D eigenvalue weighted by Gasteiger charge is 2.03. The van der Waals surface area contributed by atoms with E-state index >= 15 is 0 Å². The molecule has 1 aromatic carbocycles. The molecular formula is C12H20N2. The monoisotopic (exact) mass is 192 g/mol. The van der Waals surface area contributed by atoms with Crippen LogP contribution in [0.4, 0.5) is 5.69 Å². The summed E-state index contributed by atoms with van der Waals surface area (Å²) in [6, 6.07) is 6.64. The van der Waals surface area contributed by atoms with Crippen molar-refractivity contribution in [1.82, 2.24) is 5.32 Å². The van der Waals surface area contributed by atoms with Gasteiger partial charge in [-0.1, -0.05) is 12.1 Å². The lowest BCUT2D eigenvalue weighted by atomic mass is 10.1. The first kappa shape index (κ1) is 11.1. The van der Waals surface area contributed by atoms with Crippen molar-refractivity contribution in [3.05, 3.63) is 29.3 Å². The second-order valence-corrected chi connectivity index (χ2v) is 3.88. The molecule has 0 bridgehead atoms. The summed E-state index contributed by atoms with van der Waals surface area (Å²) in [5.41, 5.74) is 4.07. The lowest BCUT2D eigenvalue weighted by Crippen LogP contribution is -2.15. The van der Waals surface area contributed by atoms with Crippen LogP contribution < -0.4 is 10.2 Å². The zero-order valence-electron chi connectivity index (χ0n) is 9.59. The Hall–Kier alpha value is -1.02. The van der Waals surface area contributed by atoms with Crippen molar-refractivity contribution in [2.24, 2.45) is 0 Å². The first-order valence-corrected chi connectivity index (χ1v) is 5.06. The van der Waals surface area contributed by atoms with Crippen LogP contribution in [0.1, 0.15) is 11.1 Å². The van der Waals surface area contributed by atoms with E-state index in [-0.39, 0.29) is 0 Å². The highest BCUT2D eigenvalue weighted by molar-refractivity contribution is 5.54. The summed E-state index contributed by atoms with van der Waals surface area (Å²) in [5.74, 6) is 0. The van der Waals surface area contributed by atoms with Crippen molar-refractivity contribution < 1.29 is 0 Å². The van der Waals surface area contributed by atoms with Gasteiger partial charge in [-0.05, 0) is 44.1 Å². The Morgan fingerprint density at radius 3 is 2.57 bits per heavy atom. The molecule has 0 aromatic heterocycles. The van der Waals surface area contributed by atoms with E-state index < -0.39 is 0 Å². The molecule has 0 fully saturated rings. The summed E-state index contributed by atoms with van der Waals surface area (Å²) in [6.45, 7) is 3.17. The summed E-state index contributed by atoms with van der Waals surface area (Å²) in [4.78, 5) is 2.18. The molecule has 0 heterocycles. The molecule has 0 aliphatic carbocycles. The van der Waals surface area contributed by atoms with E-state index in [2.05, 4.69) is 49.4 Å². The fourth-order valence-electron chi connectivity index (χ4n) is 1.56. The first-order valence-electron chi connectivity index (χ1n) is 5.06. The van der Waals surface area contributed by atoms with Crippen LogP contribution in [0.25, 0.3) is 0 Å². The molecule has 0 radical (unpaired) electrons. The number of benzene rings is 1. The second-order valence-electron chi connectivity index (χ2n) is 3.88. The molecule has 14 heavy (non-hydrogen) atoms. The minimum absolute atomic E-state index is 1.03. The Labute approximate surface area is 86.9 Å². The average molecular weight is 192 g/mol. The van der Waals surface area contributed by atoms with Crippen molar-refractivity contribution in [3.8, 4) is 0 Å². The number of likely N-dealkylation sites (N-methyl/N-ethyl adjacent to an activating group) is 1. The summed E-state index contributed by atoms with van der Waals surface area (Å²) < 4.78 is 0. The van der Waals surface area contributed by atoms with E-state index in [1.807, 2.05) is 7.05 Å². The minimum Gasteiger partial charge on any atom is -0.377 e. The van der Waals surface area contributed by atoms with Gasteiger partial charge >= 0.3 is 0 Å². The highest BCUT2D eigenvalue weighted by Crippen LogP contribution is 2.20. The highest BCUT2D eigenvalue weighted by atomic mass is 15.1. The Bertz CT molecular complexity index is 292. The standard InChI is InChI=1S/C12H20N2/c1-10-5-6-11(7-8-13-2)12(9-10)14(3)4/h5-6,9,13H,7-8H2,1-4H3. The maximum atomic E-state index is 3.18. The molecule has 78 valence electrons.